The fourth-order valence-electron chi connectivity index (χ4n) is 2.77. The van der Waals surface area contributed by atoms with Gasteiger partial charge in [0.1, 0.15) is 12.2 Å². The van der Waals surface area contributed by atoms with E-state index >= 15 is 0 Å². The number of piperidine rings is 1. The quantitative estimate of drug-likeness (QED) is 0.843. The molecule has 2 N–H and O–H groups in total. The molecule has 1 fully saturated rings. The monoisotopic (exact) mass is 237 g/mol. The zero-order valence-electron chi connectivity index (χ0n) is 10.8. The summed E-state index contributed by atoms with van der Waals surface area (Å²) in [6.07, 6.45) is 4.19. The second kappa shape index (κ2) is 5.60. The van der Waals surface area contributed by atoms with E-state index in [1.54, 1.807) is 6.33 Å². The van der Waals surface area contributed by atoms with E-state index < -0.39 is 0 Å². The van der Waals surface area contributed by atoms with E-state index in [0.717, 1.165) is 32.0 Å². The molecule has 0 amide bonds. The number of aromatic nitrogens is 3. The zero-order valence-corrected chi connectivity index (χ0v) is 10.8. The lowest BCUT2D eigenvalue weighted by Crippen LogP contribution is -2.48. The molecule has 2 heterocycles. The van der Waals surface area contributed by atoms with E-state index in [1.807, 2.05) is 4.68 Å². The van der Waals surface area contributed by atoms with Crippen LogP contribution in [0.15, 0.2) is 6.33 Å². The molecular weight excluding hydrogens is 214 g/mol. The Balaban J connectivity index is 2.06. The summed E-state index contributed by atoms with van der Waals surface area (Å²) in [6, 6.07) is 0.491. The van der Waals surface area contributed by atoms with E-state index in [1.165, 1.54) is 12.8 Å². The molecule has 1 aliphatic heterocycles. The third kappa shape index (κ3) is 2.66. The van der Waals surface area contributed by atoms with Gasteiger partial charge in [-0.3, -0.25) is 4.90 Å². The standard InChI is InChI=1S/C12H23N5/c1-3-17-12(14-9-15-17)8-16-6-4-5-10(2)11(16)7-13/h9-11H,3-8,13H2,1-2H3. The van der Waals surface area contributed by atoms with Gasteiger partial charge in [0, 0.05) is 19.1 Å². The number of nitrogens with zero attached hydrogens (tertiary/aromatic N) is 4. The van der Waals surface area contributed by atoms with Gasteiger partial charge >= 0.3 is 0 Å². The second-order valence-corrected chi connectivity index (χ2v) is 4.89. The first kappa shape index (κ1) is 12.5. The van der Waals surface area contributed by atoms with Crippen molar-refractivity contribution in [3.05, 3.63) is 12.2 Å². The molecule has 5 nitrogen and oxygen atoms in total. The molecule has 1 aromatic heterocycles. The van der Waals surface area contributed by atoms with E-state index in [2.05, 4.69) is 28.8 Å². The molecule has 0 aliphatic carbocycles. The molecule has 17 heavy (non-hydrogen) atoms. The molecule has 96 valence electrons. The molecule has 2 atom stereocenters. The Labute approximate surface area is 103 Å². The summed E-state index contributed by atoms with van der Waals surface area (Å²) in [4.78, 5) is 6.81. The van der Waals surface area contributed by atoms with Crippen molar-refractivity contribution >= 4 is 0 Å². The highest BCUT2D eigenvalue weighted by Crippen LogP contribution is 2.23. The summed E-state index contributed by atoms with van der Waals surface area (Å²) in [5.74, 6) is 1.74. The fourth-order valence-corrected chi connectivity index (χ4v) is 2.77. The highest BCUT2D eigenvalue weighted by atomic mass is 15.3. The largest absolute Gasteiger partial charge is 0.329 e. The minimum atomic E-state index is 0.491. The minimum Gasteiger partial charge on any atom is -0.329 e. The number of nitrogens with two attached hydrogens (primary N) is 1. The van der Waals surface area contributed by atoms with Crippen LogP contribution in [0.2, 0.25) is 0 Å². The number of aryl methyl sites for hydroxylation is 1. The van der Waals surface area contributed by atoms with Crippen molar-refractivity contribution in [3.8, 4) is 0 Å². The number of likely N-dealkylation sites (tertiary alicyclic amines) is 1. The Kier molecular flexibility index (Phi) is 4.12. The van der Waals surface area contributed by atoms with E-state index in [9.17, 15) is 0 Å². The third-order valence-electron chi connectivity index (χ3n) is 3.81. The zero-order chi connectivity index (χ0) is 12.3. The highest BCUT2D eigenvalue weighted by Gasteiger charge is 2.28. The van der Waals surface area contributed by atoms with Gasteiger partial charge in [0.2, 0.25) is 0 Å². The van der Waals surface area contributed by atoms with Crippen LogP contribution in [0.25, 0.3) is 0 Å². The molecular formula is C12H23N5. The summed E-state index contributed by atoms with van der Waals surface area (Å²) >= 11 is 0. The van der Waals surface area contributed by atoms with Crippen LogP contribution in [-0.4, -0.2) is 38.8 Å². The van der Waals surface area contributed by atoms with Crippen LogP contribution < -0.4 is 5.73 Å². The lowest BCUT2D eigenvalue weighted by Gasteiger charge is -2.39. The van der Waals surface area contributed by atoms with Crippen molar-refractivity contribution in [1.29, 1.82) is 0 Å². The molecule has 1 aliphatic rings. The van der Waals surface area contributed by atoms with Gasteiger partial charge in [0.05, 0.1) is 6.54 Å². The Morgan fingerprint density at radius 2 is 2.35 bits per heavy atom. The Morgan fingerprint density at radius 3 is 3.06 bits per heavy atom. The summed E-state index contributed by atoms with van der Waals surface area (Å²) in [5, 5.41) is 4.22. The first-order chi connectivity index (χ1) is 8.26. The predicted molar refractivity (Wildman–Crippen MR) is 67.3 cm³/mol. The molecule has 2 rings (SSSR count). The van der Waals surface area contributed by atoms with Gasteiger partial charge in [-0.15, -0.1) is 0 Å². The molecule has 0 bridgehead atoms. The summed E-state index contributed by atoms with van der Waals surface area (Å²) in [5.41, 5.74) is 5.90. The van der Waals surface area contributed by atoms with E-state index in [-0.39, 0.29) is 0 Å². The normalized spacial score (nSPS) is 26.3. The molecule has 1 saturated heterocycles. The van der Waals surface area contributed by atoms with E-state index in [0.29, 0.717) is 12.0 Å². The lowest BCUT2D eigenvalue weighted by molar-refractivity contribution is 0.0948. The highest BCUT2D eigenvalue weighted by molar-refractivity contribution is 4.90. The van der Waals surface area contributed by atoms with Gasteiger partial charge in [-0.05, 0) is 32.2 Å². The van der Waals surface area contributed by atoms with Gasteiger partial charge in [-0.2, -0.15) is 5.10 Å². The number of hydrogen-bond acceptors (Lipinski definition) is 4. The van der Waals surface area contributed by atoms with Crippen LogP contribution in [-0.2, 0) is 13.1 Å². The maximum Gasteiger partial charge on any atom is 0.141 e. The topological polar surface area (TPSA) is 60.0 Å². The minimum absolute atomic E-state index is 0.491. The number of hydrogen-bond donors (Lipinski definition) is 1. The van der Waals surface area contributed by atoms with Crippen molar-refractivity contribution in [2.24, 2.45) is 11.7 Å². The molecule has 0 radical (unpaired) electrons. The second-order valence-electron chi connectivity index (χ2n) is 4.89. The maximum atomic E-state index is 5.90. The van der Waals surface area contributed by atoms with Crippen molar-refractivity contribution < 1.29 is 0 Å². The van der Waals surface area contributed by atoms with Gasteiger partial charge in [0.25, 0.3) is 0 Å². The van der Waals surface area contributed by atoms with Crippen LogP contribution in [0.4, 0.5) is 0 Å². The fraction of sp³-hybridized carbons (Fsp3) is 0.833. The van der Waals surface area contributed by atoms with Gasteiger partial charge in [-0.25, -0.2) is 9.67 Å². The molecule has 0 saturated carbocycles. The smallest absolute Gasteiger partial charge is 0.141 e. The summed E-state index contributed by atoms with van der Waals surface area (Å²) < 4.78 is 1.97. The van der Waals surface area contributed by atoms with Crippen molar-refractivity contribution in [2.75, 3.05) is 13.1 Å². The lowest BCUT2D eigenvalue weighted by atomic mass is 9.91. The Bertz CT molecular complexity index is 348. The average Bonchev–Trinajstić information content (AvgIpc) is 2.77. The van der Waals surface area contributed by atoms with Crippen LogP contribution in [0, 0.1) is 5.92 Å². The van der Waals surface area contributed by atoms with Crippen LogP contribution in [0.5, 0.6) is 0 Å². The van der Waals surface area contributed by atoms with Gasteiger partial charge < -0.3 is 5.73 Å². The third-order valence-corrected chi connectivity index (χ3v) is 3.81. The summed E-state index contributed by atoms with van der Waals surface area (Å²) in [7, 11) is 0. The number of rotatable bonds is 4. The molecule has 1 aromatic rings. The average molecular weight is 237 g/mol. The first-order valence-electron chi connectivity index (χ1n) is 6.57. The predicted octanol–water partition coefficient (Wildman–Crippen LogP) is 0.857. The Morgan fingerprint density at radius 1 is 1.53 bits per heavy atom. The van der Waals surface area contributed by atoms with Gasteiger partial charge in [-0.1, -0.05) is 6.92 Å². The molecule has 5 heteroatoms. The maximum absolute atomic E-state index is 5.90. The van der Waals surface area contributed by atoms with Crippen molar-refractivity contribution in [3.63, 3.8) is 0 Å². The van der Waals surface area contributed by atoms with Crippen molar-refractivity contribution in [1.82, 2.24) is 19.7 Å². The molecule has 2 unspecified atom stereocenters. The molecule has 0 aromatic carbocycles. The molecule has 0 spiro atoms. The first-order valence-corrected chi connectivity index (χ1v) is 6.57. The van der Waals surface area contributed by atoms with E-state index in [4.69, 9.17) is 5.73 Å². The Hall–Kier alpha value is -0.940. The van der Waals surface area contributed by atoms with Crippen molar-refractivity contribution in [2.45, 2.75) is 45.8 Å². The van der Waals surface area contributed by atoms with Crippen LogP contribution in [0.3, 0.4) is 0 Å². The summed E-state index contributed by atoms with van der Waals surface area (Å²) in [6.45, 7) is 8.02. The SMILES string of the molecule is CCn1ncnc1CN1CCCC(C)C1CN. The van der Waals surface area contributed by atoms with Crippen LogP contribution in [0.1, 0.15) is 32.5 Å². The van der Waals surface area contributed by atoms with Gasteiger partial charge in [0.15, 0.2) is 0 Å². The van der Waals surface area contributed by atoms with Crippen LogP contribution >= 0.6 is 0 Å².